The summed E-state index contributed by atoms with van der Waals surface area (Å²) in [6, 6.07) is 16.2. The first-order chi connectivity index (χ1) is 12.2. The molecule has 1 saturated heterocycles. The number of ether oxygens (including phenoxy) is 1. The first kappa shape index (κ1) is 16.6. The van der Waals surface area contributed by atoms with Gasteiger partial charge in [0, 0.05) is 22.8 Å². The molecule has 0 unspecified atom stereocenters. The summed E-state index contributed by atoms with van der Waals surface area (Å²) in [5.41, 5.74) is 2.39. The van der Waals surface area contributed by atoms with Gasteiger partial charge in [-0.15, -0.1) is 11.3 Å². The molecule has 25 heavy (non-hydrogen) atoms. The minimum Gasteiger partial charge on any atom is -0.378 e. The van der Waals surface area contributed by atoms with Gasteiger partial charge in [-0.1, -0.05) is 35.9 Å². The minimum absolute atomic E-state index is 0.109. The molecular weight excluding hydrogens is 354 g/mol. The van der Waals surface area contributed by atoms with E-state index in [1.54, 1.807) is 11.3 Å². The molecule has 0 N–H and O–H groups in total. The van der Waals surface area contributed by atoms with Gasteiger partial charge in [0.15, 0.2) is 0 Å². The Morgan fingerprint density at radius 3 is 2.72 bits per heavy atom. The molecule has 2 heterocycles. The number of halogens is 1. The van der Waals surface area contributed by atoms with Crippen molar-refractivity contribution in [2.24, 2.45) is 0 Å². The summed E-state index contributed by atoms with van der Waals surface area (Å²) >= 11 is 7.67. The van der Waals surface area contributed by atoms with E-state index in [0.717, 1.165) is 26.4 Å². The Balaban J connectivity index is 1.65. The Kier molecular flexibility index (Phi) is 4.75. The number of hydrogen-bond donors (Lipinski definition) is 0. The lowest BCUT2D eigenvalue weighted by molar-refractivity contribution is 0.0306. The summed E-state index contributed by atoms with van der Waals surface area (Å²) < 4.78 is 6.49. The number of thiophene rings is 1. The first-order valence-electron chi connectivity index (χ1n) is 8.33. The number of nitrogens with zero attached hydrogens (tertiary/aromatic N) is 1. The zero-order valence-electron chi connectivity index (χ0n) is 13.7. The molecule has 0 bridgehead atoms. The van der Waals surface area contributed by atoms with E-state index in [1.807, 2.05) is 29.2 Å². The zero-order chi connectivity index (χ0) is 17.2. The van der Waals surface area contributed by atoms with E-state index in [1.165, 1.54) is 11.1 Å². The van der Waals surface area contributed by atoms with E-state index >= 15 is 0 Å². The number of hydrogen-bond acceptors (Lipinski definition) is 3. The lowest BCUT2D eigenvalue weighted by Gasteiger charge is -2.26. The van der Waals surface area contributed by atoms with E-state index < -0.39 is 0 Å². The molecule has 1 aliphatic heterocycles. The number of carbonyl (C=O) groups is 1. The van der Waals surface area contributed by atoms with Crippen molar-refractivity contribution in [2.45, 2.75) is 6.42 Å². The first-order valence-corrected chi connectivity index (χ1v) is 9.53. The number of fused-ring (bicyclic) bond motifs is 1. The van der Waals surface area contributed by atoms with Crippen molar-refractivity contribution in [1.29, 1.82) is 0 Å². The third-order valence-electron chi connectivity index (χ3n) is 4.44. The van der Waals surface area contributed by atoms with Crippen LogP contribution in [-0.4, -0.2) is 37.1 Å². The molecule has 0 saturated carbocycles. The lowest BCUT2D eigenvalue weighted by atomic mass is 10.0. The molecule has 128 valence electrons. The van der Waals surface area contributed by atoms with Crippen LogP contribution < -0.4 is 0 Å². The molecule has 1 amide bonds. The summed E-state index contributed by atoms with van der Waals surface area (Å²) in [6.45, 7) is 2.58. The predicted octanol–water partition coefficient (Wildman–Crippen LogP) is 4.62. The highest BCUT2D eigenvalue weighted by Gasteiger charge is 2.21. The number of morpholine rings is 1. The van der Waals surface area contributed by atoms with Gasteiger partial charge in [0.25, 0.3) is 5.91 Å². The molecule has 1 aliphatic rings. The van der Waals surface area contributed by atoms with Crippen LogP contribution in [0.15, 0.2) is 48.5 Å². The Labute approximate surface area is 155 Å². The predicted molar refractivity (Wildman–Crippen MR) is 103 cm³/mol. The van der Waals surface area contributed by atoms with Gasteiger partial charge in [-0.2, -0.15) is 0 Å². The van der Waals surface area contributed by atoms with E-state index in [9.17, 15) is 4.79 Å². The summed E-state index contributed by atoms with van der Waals surface area (Å²) in [5, 5.41) is 1.90. The van der Waals surface area contributed by atoms with Crippen molar-refractivity contribution in [3.8, 4) is 0 Å². The number of rotatable bonds is 3. The molecule has 1 aromatic heterocycles. The highest BCUT2D eigenvalue weighted by atomic mass is 35.5. The molecule has 0 atom stereocenters. The van der Waals surface area contributed by atoms with E-state index in [4.69, 9.17) is 16.3 Å². The fourth-order valence-corrected chi connectivity index (χ4v) is 4.46. The molecule has 0 radical (unpaired) electrons. The maximum Gasteiger partial charge on any atom is 0.264 e. The quantitative estimate of drug-likeness (QED) is 0.672. The van der Waals surface area contributed by atoms with Gasteiger partial charge in [0.05, 0.1) is 18.1 Å². The third-order valence-corrected chi connectivity index (χ3v) is 5.77. The van der Waals surface area contributed by atoms with Gasteiger partial charge in [-0.25, -0.2) is 0 Å². The second-order valence-electron chi connectivity index (χ2n) is 6.15. The Hall–Kier alpha value is -1.88. The number of carbonyl (C=O) groups excluding carboxylic acids is 1. The molecule has 1 fully saturated rings. The average Bonchev–Trinajstić information content (AvgIpc) is 3.07. The molecule has 0 spiro atoms. The highest BCUT2D eigenvalue weighted by molar-refractivity contribution is 7.20. The fraction of sp³-hybridized carbons (Fsp3) is 0.250. The van der Waals surface area contributed by atoms with E-state index in [-0.39, 0.29) is 5.91 Å². The van der Waals surface area contributed by atoms with Crippen LogP contribution >= 0.6 is 22.9 Å². The Morgan fingerprint density at radius 1 is 1.12 bits per heavy atom. The van der Waals surface area contributed by atoms with E-state index in [0.29, 0.717) is 26.3 Å². The molecule has 3 nitrogen and oxygen atoms in total. The standard InChI is InChI=1S/C20H18ClNO2S/c21-16-5-1-3-14(12-16)11-15-4-2-6-18-17(15)13-19(25-18)20(23)22-7-9-24-10-8-22/h1-6,12-13H,7-11H2. The highest BCUT2D eigenvalue weighted by Crippen LogP contribution is 2.31. The van der Waals surface area contributed by atoms with Crippen LogP contribution in [0.5, 0.6) is 0 Å². The van der Waals surface area contributed by atoms with Crippen LogP contribution in [0, 0.1) is 0 Å². The van der Waals surface area contributed by atoms with Gasteiger partial charge in [-0.05, 0) is 47.2 Å². The fourth-order valence-electron chi connectivity index (χ4n) is 3.17. The zero-order valence-corrected chi connectivity index (χ0v) is 15.3. The maximum atomic E-state index is 12.7. The van der Waals surface area contributed by atoms with Crippen LogP contribution in [0.2, 0.25) is 5.02 Å². The van der Waals surface area contributed by atoms with E-state index in [2.05, 4.69) is 24.3 Å². The maximum absolute atomic E-state index is 12.7. The molecule has 5 heteroatoms. The van der Waals surface area contributed by atoms with Crippen molar-refractivity contribution < 1.29 is 9.53 Å². The third kappa shape index (κ3) is 3.56. The smallest absolute Gasteiger partial charge is 0.264 e. The SMILES string of the molecule is O=C(c1cc2c(Cc3cccc(Cl)c3)cccc2s1)N1CCOCC1. The Morgan fingerprint density at radius 2 is 1.92 bits per heavy atom. The van der Waals surface area contributed by atoms with Crippen molar-refractivity contribution in [1.82, 2.24) is 4.90 Å². The number of benzene rings is 2. The average molecular weight is 372 g/mol. The van der Waals surface area contributed by atoms with Crippen LogP contribution in [0.3, 0.4) is 0 Å². The van der Waals surface area contributed by atoms with Crippen molar-refractivity contribution in [2.75, 3.05) is 26.3 Å². The Bertz CT molecular complexity index is 915. The topological polar surface area (TPSA) is 29.5 Å². The van der Waals surface area contributed by atoms with Crippen LogP contribution in [0.25, 0.3) is 10.1 Å². The molecular formula is C20H18ClNO2S. The second kappa shape index (κ2) is 7.16. The van der Waals surface area contributed by atoms with Crippen molar-refractivity contribution in [3.05, 3.63) is 69.6 Å². The summed E-state index contributed by atoms with van der Waals surface area (Å²) in [5.74, 6) is 0.109. The van der Waals surface area contributed by atoms with Crippen LogP contribution in [0.4, 0.5) is 0 Å². The normalized spacial score (nSPS) is 14.8. The summed E-state index contributed by atoms with van der Waals surface area (Å²) in [4.78, 5) is 15.4. The molecule has 0 aliphatic carbocycles. The molecule has 4 rings (SSSR count). The lowest BCUT2D eigenvalue weighted by Crippen LogP contribution is -2.40. The summed E-state index contributed by atoms with van der Waals surface area (Å²) in [7, 11) is 0. The van der Waals surface area contributed by atoms with Gasteiger partial charge in [0.1, 0.15) is 0 Å². The van der Waals surface area contributed by atoms with Crippen molar-refractivity contribution >= 4 is 38.9 Å². The molecule has 3 aromatic rings. The van der Waals surface area contributed by atoms with Crippen LogP contribution in [0.1, 0.15) is 20.8 Å². The van der Waals surface area contributed by atoms with Gasteiger partial charge in [-0.3, -0.25) is 4.79 Å². The van der Waals surface area contributed by atoms with Gasteiger partial charge >= 0.3 is 0 Å². The van der Waals surface area contributed by atoms with Crippen molar-refractivity contribution in [3.63, 3.8) is 0 Å². The second-order valence-corrected chi connectivity index (χ2v) is 7.67. The molecule has 2 aromatic carbocycles. The number of amides is 1. The van der Waals surface area contributed by atoms with Gasteiger partial charge < -0.3 is 9.64 Å². The largest absolute Gasteiger partial charge is 0.378 e. The minimum atomic E-state index is 0.109. The monoisotopic (exact) mass is 371 g/mol. The van der Waals surface area contributed by atoms with Crippen LogP contribution in [-0.2, 0) is 11.2 Å². The summed E-state index contributed by atoms with van der Waals surface area (Å²) in [6.07, 6.45) is 0.805. The van der Waals surface area contributed by atoms with Gasteiger partial charge in [0.2, 0.25) is 0 Å².